The number of pyridine rings is 1. The third-order valence-corrected chi connectivity index (χ3v) is 3.75. The number of benzene rings is 2. The Bertz CT molecular complexity index is 976. The van der Waals surface area contributed by atoms with Crippen LogP contribution in [0.3, 0.4) is 0 Å². The average Bonchev–Trinajstić information content (AvgIpc) is 2.66. The molecule has 0 saturated heterocycles. The van der Waals surface area contributed by atoms with E-state index in [2.05, 4.69) is 15.6 Å². The van der Waals surface area contributed by atoms with Crippen LogP contribution >= 0.6 is 0 Å². The van der Waals surface area contributed by atoms with Gasteiger partial charge in [0.1, 0.15) is 12.2 Å². The highest BCUT2D eigenvalue weighted by Crippen LogP contribution is 2.26. The van der Waals surface area contributed by atoms with Gasteiger partial charge in [-0.15, -0.1) is 0 Å². The molecule has 142 valence electrons. The number of anilines is 2. The van der Waals surface area contributed by atoms with E-state index in [1.807, 2.05) is 19.1 Å². The smallest absolute Gasteiger partial charge is 0.233 e. The number of aromatic nitrogens is 1. The zero-order valence-corrected chi connectivity index (χ0v) is 15.1. The summed E-state index contributed by atoms with van der Waals surface area (Å²) in [6.07, 6.45) is 2.68. The Kier molecular flexibility index (Phi) is 5.96. The number of rotatable bonds is 6. The predicted octanol–water partition coefficient (Wildman–Crippen LogP) is 4.29. The quantitative estimate of drug-likeness (QED) is 0.626. The maximum atomic E-state index is 14.2. The van der Waals surface area contributed by atoms with Crippen LogP contribution in [0, 0.1) is 12.7 Å². The number of hydrogen-bond acceptors (Lipinski definition) is 4. The molecule has 1 aromatic heterocycles. The van der Waals surface area contributed by atoms with Crippen LogP contribution in [-0.2, 0) is 9.59 Å². The van der Waals surface area contributed by atoms with Crippen molar-refractivity contribution < 1.29 is 18.7 Å². The summed E-state index contributed by atoms with van der Waals surface area (Å²) in [6.45, 7) is 1.94. The normalized spacial score (nSPS) is 10.2. The predicted molar refractivity (Wildman–Crippen MR) is 104 cm³/mol. The number of aryl methyl sites for hydroxylation is 1. The Morgan fingerprint density at radius 1 is 0.929 bits per heavy atom. The van der Waals surface area contributed by atoms with Gasteiger partial charge in [0.2, 0.25) is 11.8 Å². The minimum absolute atomic E-state index is 0.0151. The van der Waals surface area contributed by atoms with Crippen molar-refractivity contribution in [3.05, 3.63) is 78.4 Å². The van der Waals surface area contributed by atoms with Crippen molar-refractivity contribution in [1.29, 1.82) is 0 Å². The molecule has 0 radical (unpaired) electrons. The van der Waals surface area contributed by atoms with Crippen LogP contribution < -0.4 is 15.4 Å². The van der Waals surface area contributed by atoms with Gasteiger partial charge in [-0.3, -0.25) is 14.6 Å². The van der Waals surface area contributed by atoms with Crippen LogP contribution in [0.4, 0.5) is 15.8 Å². The second kappa shape index (κ2) is 8.77. The molecule has 6 nitrogen and oxygen atoms in total. The van der Waals surface area contributed by atoms with Gasteiger partial charge < -0.3 is 15.4 Å². The van der Waals surface area contributed by atoms with Crippen LogP contribution in [0.1, 0.15) is 12.0 Å². The molecule has 2 amide bonds. The number of carbonyl (C=O) groups excluding carboxylic acids is 2. The van der Waals surface area contributed by atoms with Crippen LogP contribution in [0.5, 0.6) is 11.5 Å². The molecule has 0 aliphatic rings. The maximum absolute atomic E-state index is 14.2. The molecule has 0 bridgehead atoms. The van der Waals surface area contributed by atoms with Gasteiger partial charge >= 0.3 is 0 Å². The number of nitrogens with one attached hydrogen (secondary N) is 2. The third kappa shape index (κ3) is 5.38. The monoisotopic (exact) mass is 379 g/mol. The third-order valence-electron chi connectivity index (χ3n) is 3.75. The van der Waals surface area contributed by atoms with E-state index < -0.39 is 17.6 Å². The van der Waals surface area contributed by atoms with Gasteiger partial charge in [-0.05, 0) is 43.3 Å². The van der Waals surface area contributed by atoms with E-state index in [0.29, 0.717) is 11.4 Å². The molecule has 2 aromatic carbocycles. The summed E-state index contributed by atoms with van der Waals surface area (Å²) >= 11 is 0. The van der Waals surface area contributed by atoms with E-state index in [9.17, 15) is 14.0 Å². The lowest BCUT2D eigenvalue weighted by Crippen LogP contribution is -2.21. The first kappa shape index (κ1) is 19.0. The lowest BCUT2D eigenvalue weighted by Gasteiger charge is -2.10. The second-order valence-electron chi connectivity index (χ2n) is 6.07. The second-order valence-corrected chi connectivity index (χ2v) is 6.07. The summed E-state index contributed by atoms with van der Waals surface area (Å²) in [5.41, 5.74) is 1.90. The Morgan fingerprint density at radius 3 is 2.18 bits per heavy atom. The highest BCUT2D eigenvalue weighted by Gasteiger charge is 2.12. The molecule has 0 atom stereocenters. The largest absolute Gasteiger partial charge is 0.454 e. The lowest BCUT2D eigenvalue weighted by molar-refractivity contribution is -0.123. The van der Waals surface area contributed by atoms with Crippen LogP contribution in [0.25, 0.3) is 0 Å². The SMILES string of the molecule is Cc1ccc(NC(=O)CC(=O)Nc2ccc(Oc3ccncc3)c(F)c2)cc1. The molecule has 2 N–H and O–H groups in total. The summed E-state index contributed by atoms with van der Waals surface area (Å²) in [6, 6.07) is 14.4. The molecule has 0 spiro atoms. The number of amides is 2. The lowest BCUT2D eigenvalue weighted by atomic mass is 10.2. The number of carbonyl (C=O) groups is 2. The van der Waals surface area contributed by atoms with Crippen molar-refractivity contribution in [3.63, 3.8) is 0 Å². The fourth-order valence-electron chi connectivity index (χ4n) is 2.39. The first-order chi connectivity index (χ1) is 13.5. The van der Waals surface area contributed by atoms with Gasteiger partial charge in [-0.25, -0.2) is 4.39 Å². The molecule has 0 saturated carbocycles. The highest BCUT2D eigenvalue weighted by molar-refractivity contribution is 6.08. The van der Waals surface area contributed by atoms with Gasteiger partial charge in [-0.1, -0.05) is 17.7 Å². The van der Waals surface area contributed by atoms with Crippen LogP contribution in [0.2, 0.25) is 0 Å². The average molecular weight is 379 g/mol. The van der Waals surface area contributed by atoms with Crippen molar-refractivity contribution in [2.45, 2.75) is 13.3 Å². The Morgan fingerprint density at radius 2 is 1.54 bits per heavy atom. The van der Waals surface area contributed by atoms with Crippen molar-refractivity contribution in [2.24, 2.45) is 0 Å². The Hall–Kier alpha value is -3.74. The number of halogens is 1. The topological polar surface area (TPSA) is 80.3 Å². The molecule has 0 unspecified atom stereocenters. The van der Waals surface area contributed by atoms with Gasteiger partial charge in [0.15, 0.2) is 11.6 Å². The summed E-state index contributed by atoms with van der Waals surface area (Å²) in [5.74, 6) is -1.19. The van der Waals surface area contributed by atoms with E-state index in [1.54, 1.807) is 24.3 Å². The van der Waals surface area contributed by atoms with Crippen molar-refractivity contribution in [2.75, 3.05) is 10.6 Å². The fourth-order valence-corrected chi connectivity index (χ4v) is 2.39. The van der Waals surface area contributed by atoms with E-state index in [0.717, 1.165) is 11.6 Å². The molecule has 28 heavy (non-hydrogen) atoms. The number of hydrogen-bond donors (Lipinski definition) is 2. The van der Waals surface area contributed by atoms with Gasteiger partial charge in [-0.2, -0.15) is 0 Å². The first-order valence-electron chi connectivity index (χ1n) is 8.53. The summed E-state index contributed by atoms with van der Waals surface area (Å²) in [4.78, 5) is 27.8. The Balaban J connectivity index is 1.55. The van der Waals surface area contributed by atoms with Crippen molar-refractivity contribution in [3.8, 4) is 11.5 Å². The fraction of sp³-hybridized carbons (Fsp3) is 0.0952. The summed E-state index contributed by atoms with van der Waals surface area (Å²) in [5, 5.41) is 5.13. The number of nitrogens with zero attached hydrogens (tertiary/aromatic N) is 1. The molecule has 3 aromatic rings. The Labute approximate surface area is 161 Å². The minimum Gasteiger partial charge on any atom is -0.454 e. The molecule has 1 heterocycles. The van der Waals surface area contributed by atoms with Crippen molar-refractivity contribution in [1.82, 2.24) is 4.98 Å². The molecule has 0 fully saturated rings. The molecule has 0 aliphatic carbocycles. The summed E-state index contributed by atoms with van der Waals surface area (Å²) < 4.78 is 19.6. The molecular weight excluding hydrogens is 361 g/mol. The number of ether oxygens (including phenoxy) is 1. The molecule has 3 rings (SSSR count). The van der Waals surface area contributed by atoms with Gasteiger partial charge in [0.05, 0.1) is 0 Å². The van der Waals surface area contributed by atoms with E-state index >= 15 is 0 Å². The van der Waals surface area contributed by atoms with E-state index in [4.69, 9.17) is 4.74 Å². The van der Waals surface area contributed by atoms with E-state index in [1.165, 1.54) is 24.5 Å². The molecular formula is C21H18FN3O3. The molecule has 7 heteroatoms. The van der Waals surface area contributed by atoms with Crippen molar-refractivity contribution >= 4 is 23.2 Å². The van der Waals surface area contributed by atoms with Crippen LogP contribution in [-0.4, -0.2) is 16.8 Å². The zero-order valence-electron chi connectivity index (χ0n) is 15.1. The summed E-state index contributed by atoms with van der Waals surface area (Å²) in [7, 11) is 0. The van der Waals surface area contributed by atoms with E-state index in [-0.39, 0.29) is 17.9 Å². The molecule has 0 aliphatic heterocycles. The standard InChI is InChI=1S/C21H18FN3O3/c1-14-2-4-15(5-3-14)24-20(26)13-21(27)25-16-6-7-19(18(22)12-16)28-17-8-10-23-11-9-17/h2-12H,13H2,1H3,(H,24,26)(H,25,27). The first-order valence-corrected chi connectivity index (χ1v) is 8.53. The maximum Gasteiger partial charge on any atom is 0.233 e. The van der Waals surface area contributed by atoms with Gasteiger partial charge in [0, 0.05) is 29.8 Å². The highest BCUT2D eigenvalue weighted by atomic mass is 19.1. The minimum atomic E-state index is -0.640. The van der Waals surface area contributed by atoms with Crippen LogP contribution in [0.15, 0.2) is 67.0 Å². The zero-order chi connectivity index (χ0) is 19.9. The van der Waals surface area contributed by atoms with Gasteiger partial charge in [0.25, 0.3) is 0 Å².